The first kappa shape index (κ1) is 10.2. The average molecular weight is 206 g/mol. The van der Waals surface area contributed by atoms with Gasteiger partial charge in [0.2, 0.25) is 5.78 Å². The van der Waals surface area contributed by atoms with Gasteiger partial charge in [0, 0.05) is 5.92 Å². The molecule has 0 aromatic carbocycles. The highest BCUT2D eigenvalue weighted by Crippen LogP contribution is 2.54. The van der Waals surface area contributed by atoms with Gasteiger partial charge in [-0.3, -0.25) is 9.59 Å². The number of carbonyl (C=O) groups excluding carboxylic acids is 2. The molecule has 0 N–H and O–H groups in total. The molecule has 0 radical (unpaired) electrons. The number of rotatable bonds is 2. The lowest BCUT2D eigenvalue weighted by atomic mass is 9.48. The summed E-state index contributed by atoms with van der Waals surface area (Å²) in [5.74, 6) is -0.0562. The number of carbonyl (C=O) groups is 2. The number of Topliss-reactive ketones (excluding diaryl/α,β-unsaturated/α-hetero) is 2. The summed E-state index contributed by atoms with van der Waals surface area (Å²) in [6, 6.07) is 0. The van der Waals surface area contributed by atoms with E-state index in [0.29, 0.717) is 0 Å². The van der Waals surface area contributed by atoms with E-state index < -0.39 is 5.41 Å². The van der Waals surface area contributed by atoms with Gasteiger partial charge in [-0.25, -0.2) is 0 Å². The van der Waals surface area contributed by atoms with Crippen molar-refractivity contribution in [2.75, 3.05) is 0 Å². The summed E-state index contributed by atoms with van der Waals surface area (Å²) in [5.41, 5.74) is 7.43. The Bertz CT molecular complexity index is 371. The van der Waals surface area contributed by atoms with Gasteiger partial charge in [-0.05, 0) is 25.7 Å². The van der Waals surface area contributed by atoms with Gasteiger partial charge < -0.3 is 5.53 Å². The molecule has 0 aromatic rings. The zero-order valence-corrected chi connectivity index (χ0v) is 8.77. The number of hydrogen-bond acceptors (Lipinski definition) is 2. The first-order valence-corrected chi connectivity index (χ1v) is 5.38. The summed E-state index contributed by atoms with van der Waals surface area (Å²) >= 11 is 0. The molecule has 0 heterocycles. The van der Waals surface area contributed by atoms with E-state index in [1.165, 1.54) is 0 Å². The molecule has 0 saturated heterocycles. The lowest BCUT2D eigenvalue weighted by Gasteiger charge is -2.51. The molecule has 0 aromatic heterocycles. The summed E-state index contributed by atoms with van der Waals surface area (Å²) in [5, 5.41) is 0. The standard InChI is InChI=1S/C11H14N2O2/c1-11(9(14)6-13-12)8-5-3-2-4-7(8)10(11)15/h6-8H,2-5H2,1H3/t7-,8+,11?/m0/s1. The van der Waals surface area contributed by atoms with Crippen molar-refractivity contribution in [1.82, 2.24) is 0 Å². The van der Waals surface area contributed by atoms with Gasteiger partial charge in [0.15, 0.2) is 0 Å². The van der Waals surface area contributed by atoms with E-state index >= 15 is 0 Å². The second-order valence-corrected chi connectivity index (χ2v) is 4.67. The predicted molar refractivity (Wildman–Crippen MR) is 53.3 cm³/mol. The highest BCUT2D eigenvalue weighted by Gasteiger charge is 2.63. The summed E-state index contributed by atoms with van der Waals surface area (Å²) in [6.07, 6.45) is 4.90. The fourth-order valence-corrected chi connectivity index (χ4v) is 3.10. The number of nitrogens with zero attached hydrogens (tertiary/aromatic N) is 2. The van der Waals surface area contributed by atoms with E-state index in [1.54, 1.807) is 6.92 Å². The van der Waals surface area contributed by atoms with Crippen LogP contribution in [0, 0.1) is 17.3 Å². The van der Waals surface area contributed by atoms with Gasteiger partial charge in [-0.2, -0.15) is 4.79 Å². The summed E-state index contributed by atoms with van der Waals surface area (Å²) in [7, 11) is 0. The molecule has 80 valence electrons. The maximum atomic E-state index is 11.9. The third kappa shape index (κ3) is 1.21. The molecule has 0 aliphatic heterocycles. The van der Waals surface area contributed by atoms with Crippen LogP contribution in [0.3, 0.4) is 0 Å². The molecule has 2 aliphatic rings. The first-order chi connectivity index (χ1) is 7.12. The maximum absolute atomic E-state index is 11.9. The van der Waals surface area contributed by atoms with E-state index in [9.17, 15) is 9.59 Å². The predicted octanol–water partition coefficient (Wildman–Crippen LogP) is 1.25. The number of hydrogen-bond donors (Lipinski definition) is 0. The minimum atomic E-state index is -0.905. The van der Waals surface area contributed by atoms with Crippen LogP contribution < -0.4 is 0 Å². The van der Waals surface area contributed by atoms with Crippen molar-refractivity contribution in [3.05, 3.63) is 5.53 Å². The molecule has 4 nitrogen and oxygen atoms in total. The molecule has 2 saturated carbocycles. The van der Waals surface area contributed by atoms with Crippen LogP contribution in [0.25, 0.3) is 5.53 Å². The molecule has 2 rings (SSSR count). The minimum absolute atomic E-state index is 0.0390. The molecule has 0 bridgehead atoms. The highest BCUT2D eigenvalue weighted by atomic mass is 16.2. The van der Waals surface area contributed by atoms with Crippen molar-refractivity contribution in [3.63, 3.8) is 0 Å². The van der Waals surface area contributed by atoms with Crippen LogP contribution in [0.2, 0.25) is 0 Å². The van der Waals surface area contributed by atoms with E-state index in [2.05, 4.69) is 4.79 Å². The van der Waals surface area contributed by atoms with Crippen LogP contribution in [0.5, 0.6) is 0 Å². The van der Waals surface area contributed by atoms with Gasteiger partial charge in [0.25, 0.3) is 0 Å². The van der Waals surface area contributed by atoms with Crippen molar-refractivity contribution in [2.24, 2.45) is 17.3 Å². The topological polar surface area (TPSA) is 70.5 Å². The molecular formula is C11H14N2O2. The molecule has 2 fully saturated rings. The van der Waals surface area contributed by atoms with Crippen LogP contribution in [-0.2, 0) is 9.59 Å². The van der Waals surface area contributed by atoms with Gasteiger partial charge >= 0.3 is 6.21 Å². The fourth-order valence-electron chi connectivity index (χ4n) is 3.10. The monoisotopic (exact) mass is 206 g/mol. The van der Waals surface area contributed by atoms with Crippen molar-refractivity contribution >= 4 is 17.8 Å². The highest BCUT2D eigenvalue weighted by molar-refractivity contribution is 6.35. The van der Waals surface area contributed by atoms with Crippen LogP contribution in [-0.4, -0.2) is 22.6 Å². The van der Waals surface area contributed by atoms with Crippen molar-refractivity contribution in [3.8, 4) is 0 Å². The van der Waals surface area contributed by atoms with E-state index in [-0.39, 0.29) is 23.4 Å². The second-order valence-electron chi connectivity index (χ2n) is 4.67. The van der Waals surface area contributed by atoms with Crippen LogP contribution in [0.1, 0.15) is 32.6 Å². The van der Waals surface area contributed by atoms with Crippen LogP contribution >= 0.6 is 0 Å². The largest absolute Gasteiger partial charge is 0.361 e. The van der Waals surface area contributed by atoms with Gasteiger partial charge in [-0.1, -0.05) is 12.8 Å². The Kier molecular flexibility index (Phi) is 2.31. The lowest BCUT2D eigenvalue weighted by Crippen LogP contribution is -2.61. The molecule has 2 aliphatic carbocycles. The Labute approximate surface area is 88.3 Å². The van der Waals surface area contributed by atoms with Crippen molar-refractivity contribution in [1.29, 1.82) is 0 Å². The molecule has 1 unspecified atom stereocenters. The Morgan fingerprint density at radius 2 is 2.20 bits per heavy atom. The Hall–Kier alpha value is -1.28. The van der Waals surface area contributed by atoms with Crippen LogP contribution in [0.15, 0.2) is 0 Å². The van der Waals surface area contributed by atoms with Crippen LogP contribution in [0.4, 0.5) is 0 Å². The quantitative estimate of drug-likeness (QED) is 0.295. The molecule has 0 amide bonds. The van der Waals surface area contributed by atoms with Crippen molar-refractivity contribution < 1.29 is 14.4 Å². The Morgan fingerprint density at radius 3 is 2.87 bits per heavy atom. The molecule has 15 heavy (non-hydrogen) atoms. The third-order valence-corrected chi connectivity index (χ3v) is 4.04. The van der Waals surface area contributed by atoms with E-state index in [1.807, 2.05) is 0 Å². The Balaban J connectivity index is 2.25. The normalized spacial score (nSPS) is 38.6. The third-order valence-electron chi connectivity index (χ3n) is 4.04. The average Bonchev–Trinajstić information content (AvgIpc) is 2.27. The number of ketones is 2. The van der Waals surface area contributed by atoms with Gasteiger partial charge in [-0.15, -0.1) is 0 Å². The van der Waals surface area contributed by atoms with E-state index in [4.69, 9.17) is 5.53 Å². The van der Waals surface area contributed by atoms with Gasteiger partial charge in [0.05, 0.1) is 5.41 Å². The summed E-state index contributed by atoms with van der Waals surface area (Å²) < 4.78 is 0. The van der Waals surface area contributed by atoms with E-state index in [0.717, 1.165) is 31.9 Å². The zero-order chi connectivity index (χ0) is 11.1. The maximum Gasteiger partial charge on any atom is 0.324 e. The van der Waals surface area contributed by atoms with Gasteiger partial charge in [0.1, 0.15) is 5.78 Å². The number of fused-ring (bicyclic) bond motifs is 1. The molecule has 3 atom stereocenters. The second kappa shape index (κ2) is 3.38. The SMILES string of the molecule is CC1(C(=O)C=[N+]=[N-])C(=O)[C@H]2CCCC[C@H]21. The fraction of sp³-hybridized carbons (Fsp3) is 0.727. The smallest absolute Gasteiger partial charge is 0.324 e. The van der Waals surface area contributed by atoms with Crippen molar-refractivity contribution in [2.45, 2.75) is 32.6 Å². The zero-order valence-electron chi connectivity index (χ0n) is 8.77. The summed E-state index contributed by atoms with van der Waals surface area (Å²) in [6.45, 7) is 1.69. The molecule has 0 spiro atoms. The minimum Gasteiger partial charge on any atom is -0.361 e. The first-order valence-electron chi connectivity index (χ1n) is 5.38. The Morgan fingerprint density at radius 1 is 1.53 bits per heavy atom. The lowest BCUT2D eigenvalue weighted by molar-refractivity contribution is -0.165. The molecular weight excluding hydrogens is 192 g/mol. The summed E-state index contributed by atoms with van der Waals surface area (Å²) in [4.78, 5) is 26.3. The molecule has 4 heteroatoms.